The fraction of sp³-hybridized carbons (Fsp3) is 0.278. The Balaban J connectivity index is 1.76. The van der Waals surface area contributed by atoms with Crippen LogP contribution in [-0.2, 0) is 13.6 Å². The minimum atomic E-state index is -0.0356. The van der Waals surface area contributed by atoms with Crippen LogP contribution in [0.15, 0.2) is 41.3 Å². The van der Waals surface area contributed by atoms with Crippen LogP contribution in [-0.4, -0.2) is 32.6 Å². The molecule has 0 saturated heterocycles. The summed E-state index contributed by atoms with van der Waals surface area (Å²) in [6, 6.07) is 7.56. The van der Waals surface area contributed by atoms with Crippen molar-refractivity contribution >= 4 is 5.91 Å². The van der Waals surface area contributed by atoms with E-state index < -0.39 is 0 Å². The summed E-state index contributed by atoms with van der Waals surface area (Å²) in [4.78, 5) is 18.4. The van der Waals surface area contributed by atoms with Gasteiger partial charge in [0.1, 0.15) is 5.76 Å². The first kappa shape index (κ1) is 16.0. The summed E-state index contributed by atoms with van der Waals surface area (Å²) in [7, 11) is 3.72. The van der Waals surface area contributed by atoms with Gasteiger partial charge in [0.05, 0.1) is 30.5 Å². The van der Waals surface area contributed by atoms with Crippen molar-refractivity contribution in [1.82, 2.24) is 19.6 Å². The van der Waals surface area contributed by atoms with Gasteiger partial charge in [0, 0.05) is 25.2 Å². The van der Waals surface area contributed by atoms with Gasteiger partial charge in [-0.25, -0.2) is 4.98 Å². The van der Waals surface area contributed by atoms with E-state index in [1.165, 1.54) is 0 Å². The largest absolute Gasteiger partial charge is 0.361 e. The van der Waals surface area contributed by atoms with Crippen LogP contribution in [0.2, 0.25) is 0 Å². The van der Waals surface area contributed by atoms with Gasteiger partial charge in [-0.3, -0.25) is 4.79 Å². The van der Waals surface area contributed by atoms with Crippen molar-refractivity contribution in [1.29, 1.82) is 0 Å². The summed E-state index contributed by atoms with van der Waals surface area (Å²) in [5.41, 5.74) is 4.46. The summed E-state index contributed by atoms with van der Waals surface area (Å²) in [5.74, 6) is 0.713. The Morgan fingerprint density at radius 3 is 2.50 bits per heavy atom. The maximum atomic E-state index is 12.6. The van der Waals surface area contributed by atoms with Crippen molar-refractivity contribution < 1.29 is 9.32 Å². The second-order valence-electron chi connectivity index (χ2n) is 5.93. The zero-order valence-electron chi connectivity index (χ0n) is 14.3. The minimum absolute atomic E-state index is 0.0356. The van der Waals surface area contributed by atoms with E-state index in [1.54, 1.807) is 24.5 Å². The lowest BCUT2D eigenvalue weighted by molar-refractivity contribution is 0.0784. The number of rotatable bonds is 4. The van der Waals surface area contributed by atoms with E-state index >= 15 is 0 Å². The second kappa shape index (κ2) is 6.31. The van der Waals surface area contributed by atoms with E-state index in [0.717, 1.165) is 28.3 Å². The summed E-state index contributed by atoms with van der Waals surface area (Å²) < 4.78 is 7.10. The summed E-state index contributed by atoms with van der Waals surface area (Å²) in [5, 5.41) is 3.93. The molecule has 0 saturated carbocycles. The lowest BCUT2D eigenvalue weighted by Gasteiger charge is -2.17. The van der Waals surface area contributed by atoms with E-state index in [-0.39, 0.29) is 5.91 Å². The predicted molar refractivity (Wildman–Crippen MR) is 90.4 cm³/mol. The third-order valence-corrected chi connectivity index (χ3v) is 4.17. The Morgan fingerprint density at radius 2 is 1.96 bits per heavy atom. The molecule has 0 aliphatic rings. The molecule has 124 valence electrons. The average molecular weight is 324 g/mol. The van der Waals surface area contributed by atoms with E-state index in [0.29, 0.717) is 12.1 Å². The fourth-order valence-corrected chi connectivity index (χ4v) is 2.68. The molecule has 0 spiro atoms. The van der Waals surface area contributed by atoms with Gasteiger partial charge >= 0.3 is 0 Å². The highest BCUT2D eigenvalue weighted by Gasteiger charge is 2.17. The monoisotopic (exact) mass is 324 g/mol. The third kappa shape index (κ3) is 2.95. The molecular weight excluding hydrogens is 304 g/mol. The van der Waals surface area contributed by atoms with Crippen LogP contribution in [0.25, 0.3) is 11.3 Å². The molecule has 0 aliphatic carbocycles. The Hall–Kier alpha value is -2.89. The number of benzene rings is 1. The zero-order chi connectivity index (χ0) is 17.3. The van der Waals surface area contributed by atoms with Gasteiger partial charge in [0.2, 0.25) is 0 Å². The van der Waals surface area contributed by atoms with E-state index in [9.17, 15) is 4.79 Å². The van der Waals surface area contributed by atoms with Crippen molar-refractivity contribution in [3.8, 4) is 11.3 Å². The molecule has 0 atom stereocenters. The maximum Gasteiger partial charge on any atom is 0.253 e. The van der Waals surface area contributed by atoms with Gasteiger partial charge < -0.3 is 14.0 Å². The highest BCUT2D eigenvalue weighted by atomic mass is 16.5. The Kier molecular flexibility index (Phi) is 4.20. The smallest absolute Gasteiger partial charge is 0.253 e. The Labute approximate surface area is 140 Å². The van der Waals surface area contributed by atoms with Gasteiger partial charge in [0.15, 0.2) is 0 Å². The molecule has 6 nitrogen and oxygen atoms in total. The molecular formula is C18H20N4O2. The molecule has 0 unspecified atom stereocenters. The van der Waals surface area contributed by atoms with Crippen molar-refractivity contribution in [3.05, 3.63) is 59.4 Å². The van der Waals surface area contributed by atoms with Crippen LogP contribution < -0.4 is 0 Å². The standard InChI is InChI=1S/C18H20N4O2/c1-12-16(13(2)24-20-12)10-21(3)18(23)15-7-5-14(6-8-15)17-9-19-11-22(17)4/h5-9,11H,10H2,1-4H3. The molecule has 3 aromatic rings. The van der Waals surface area contributed by atoms with Crippen LogP contribution in [0.3, 0.4) is 0 Å². The van der Waals surface area contributed by atoms with Crippen LogP contribution in [0.1, 0.15) is 27.4 Å². The fourth-order valence-electron chi connectivity index (χ4n) is 2.68. The van der Waals surface area contributed by atoms with Crippen molar-refractivity contribution in [2.45, 2.75) is 20.4 Å². The van der Waals surface area contributed by atoms with Crippen LogP contribution >= 0.6 is 0 Å². The number of aryl methyl sites for hydroxylation is 3. The number of imidazole rings is 1. The number of amides is 1. The summed E-state index contributed by atoms with van der Waals surface area (Å²) >= 11 is 0. The number of nitrogens with zero attached hydrogens (tertiary/aromatic N) is 4. The Bertz CT molecular complexity index is 842. The van der Waals surface area contributed by atoms with Gasteiger partial charge in [-0.15, -0.1) is 0 Å². The lowest BCUT2D eigenvalue weighted by Crippen LogP contribution is -2.26. The lowest BCUT2D eigenvalue weighted by atomic mass is 10.1. The van der Waals surface area contributed by atoms with Gasteiger partial charge in [0.25, 0.3) is 5.91 Å². The first-order chi connectivity index (χ1) is 11.5. The summed E-state index contributed by atoms with van der Waals surface area (Å²) in [6.45, 7) is 4.21. The van der Waals surface area contributed by atoms with Crippen LogP contribution in [0, 0.1) is 13.8 Å². The van der Waals surface area contributed by atoms with Gasteiger partial charge in [-0.1, -0.05) is 17.3 Å². The van der Waals surface area contributed by atoms with E-state index in [4.69, 9.17) is 4.52 Å². The van der Waals surface area contributed by atoms with Gasteiger partial charge in [-0.2, -0.15) is 0 Å². The van der Waals surface area contributed by atoms with Crippen molar-refractivity contribution in [3.63, 3.8) is 0 Å². The molecule has 1 amide bonds. The topological polar surface area (TPSA) is 64.2 Å². The molecule has 0 radical (unpaired) electrons. The quantitative estimate of drug-likeness (QED) is 0.740. The van der Waals surface area contributed by atoms with Crippen molar-refractivity contribution in [2.24, 2.45) is 7.05 Å². The second-order valence-corrected chi connectivity index (χ2v) is 5.93. The van der Waals surface area contributed by atoms with Gasteiger partial charge in [-0.05, 0) is 31.5 Å². The van der Waals surface area contributed by atoms with Crippen molar-refractivity contribution in [2.75, 3.05) is 7.05 Å². The maximum absolute atomic E-state index is 12.6. The molecule has 0 fully saturated rings. The molecule has 0 N–H and O–H groups in total. The first-order valence-corrected chi connectivity index (χ1v) is 7.71. The third-order valence-electron chi connectivity index (χ3n) is 4.17. The molecule has 6 heteroatoms. The highest BCUT2D eigenvalue weighted by Crippen LogP contribution is 2.20. The normalized spacial score (nSPS) is 10.8. The molecule has 0 aliphatic heterocycles. The highest BCUT2D eigenvalue weighted by molar-refractivity contribution is 5.94. The number of aromatic nitrogens is 3. The minimum Gasteiger partial charge on any atom is -0.361 e. The molecule has 2 aromatic heterocycles. The predicted octanol–water partition coefficient (Wildman–Crippen LogP) is 2.96. The average Bonchev–Trinajstić information content (AvgIpc) is 3.14. The van der Waals surface area contributed by atoms with Crippen LogP contribution in [0.4, 0.5) is 0 Å². The molecule has 24 heavy (non-hydrogen) atoms. The number of hydrogen-bond acceptors (Lipinski definition) is 4. The molecule has 1 aromatic carbocycles. The number of carbonyl (C=O) groups is 1. The molecule has 3 rings (SSSR count). The zero-order valence-corrected chi connectivity index (χ0v) is 14.3. The van der Waals surface area contributed by atoms with Crippen LogP contribution in [0.5, 0.6) is 0 Å². The SMILES string of the molecule is Cc1noc(C)c1CN(C)C(=O)c1ccc(-c2cncn2C)cc1. The number of carbonyl (C=O) groups excluding carboxylic acids is 1. The molecule has 2 heterocycles. The first-order valence-electron chi connectivity index (χ1n) is 7.71. The Morgan fingerprint density at radius 1 is 1.25 bits per heavy atom. The van der Waals surface area contributed by atoms with E-state index in [1.807, 2.05) is 49.7 Å². The van der Waals surface area contributed by atoms with E-state index in [2.05, 4.69) is 10.1 Å². The number of hydrogen-bond donors (Lipinski definition) is 0. The summed E-state index contributed by atoms with van der Waals surface area (Å²) in [6.07, 6.45) is 3.56. The molecule has 0 bridgehead atoms.